The van der Waals surface area contributed by atoms with Crippen molar-refractivity contribution in [2.75, 3.05) is 0 Å². The number of hydrogen-bond acceptors (Lipinski definition) is 4. The zero-order valence-electron chi connectivity index (χ0n) is 2.79. The molecule has 0 fully saturated rings. The molecule has 0 aromatic rings. The molecule has 0 aliphatic rings. The number of hydrogen-bond donors (Lipinski definition) is 4. The third-order valence-electron chi connectivity index (χ3n) is 0. The van der Waals surface area contributed by atoms with E-state index in [1.807, 2.05) is 0 Å². The van der Waals surface area contributed by atoms with Crippen LogP contribution in [0.5, 0.6) is 0 Å². The zero-order valence-corrected chi connectivity index (χ0v) is 6.93. The van der Waals surface area contributed by atoms with Crippen molar-refractivity contribution >= 4 is 9.05 Å². The van der Waals surface area contributed by atoms with Crippen LogP contribution in [0.1, 0.15) is 0 Å². The van der Waals surface area contributed by atoms with Gasteiger partial charge in [-0.25, -0.2) is 0 Å². The molecule has 0 aliphatic carbocycles. The van der Waals surface area contributed by atoms with Gasteiger partial charge in [0.2, 0.25) is 0 Å². The molecule has 0 atom stereocenters. The molecule has 0 amide bonds. The van der Waals surface area contributed by atoms with E-state index >= 15 is 0 Å². The molecule has 6 heavy (non-hydrogen) atoms. The first-order valence-corrected chi connectivity index (χ1v) is 2.68. The normalized spacial score (nSPS) is 10.0. The van der Waals surface area contributed by atoms with Gasteiger partial charge in [-0.3, -0.25) is 0 Å². The summed E-state index contributed by atoms with van der Waals surface area (Å²) in [6.45, 7) is 0. The van der Waals surface area contributed by atoms with E-state index in [0.717, 1.165) is 0 Å². The summed E-state index contributed by atoms with van der Waals surface area (Å²) in [6, 6.07) is 0. The Morgan fingerprint density at radius 2 is 0.833 bits per heavy atom. The average molecular weight is 236 g/mol. The Hall–Kier alpha value is 1.43. The SMILES string of the molecule is O[Si](O)(O)O.[Ce]. The first-order valence-electron chi connectivity index (χ1n) is 0.894. The molecule has 4 nitrogen and oxygen atoms in total. The van der Waals surface area contributed by atoms with E-state index in [1.165, 1.54) is 0 Å². The summed E-state index contributed by atoms with van der Waals surface area (Å²) in [7, 11) is -4.61. The molecule has 36 valence electrons. The van der Waals surface area contributed by atoms with Crippen molar-refractivity contribution in [3.8, 4) is 0 Å². The Labute approximate surface area is 69.3 Å². The topological polar surface area (TPSA) is 80.9 Å². The van der Waals surface area contributed by atoms with E-state index in [1.54, 1.807) is 0 Å². The molecular weight excluding hydrogens is 232 g/mol. The Bertz CT molecular complexity index is 23.0. The van der Waals surface area contributed by atoms with Gasteiger partial charge in [-0.1, -0.05) is 0 Å². The van der Waals surface area contributed by atoms with E-state index in [0.29, 0.717) is 0 Å². The maximum Gasteiger partial charge on any atom is 0.668 e. The summed E-state index contributed by atoms with van der Waals surface area (Å²) in [5.41, 5.74) is 0. The molecule has 0 rings (SSSR count). The predicted molar refractivity (Wildman–Crippen MR) is 14.6 cm³/mol. The summed E-state index contributed by atoms with van der Waals surface area (Å²) in [5, 5.41) is 0. The van der Waals surface area contributed by atoms with Crippen LogP contribution in [0.2, 0.25) is 0 Å². The van der Waals surface area contributed by atoms with Crippen LogP contribution in [0, 0.1) is 41.7 Å². The summed E-state index contributed by atoms with van der Waals surface area (Å²) in [5.74, 6) is 0. The van der Waals surface area contributed by atoms with Gasteiger partial charge in [0.15, 0.2) is 0 Å². The Morgan fingerprint density at radius 1 is 0.833 bits per heavy atom. The quantitative estimate of drug-likeness (QED) is 0.347. The van der Waals surface area contributed by atoms with Gasteiger partial charge >= 0.3 is 9.05 Å². The molecule has 0 aromatic carbocycles. The van der Waals surface area contributed by atoms with Crippen molar-refractivity contribution in [3.05, 3.63) is 0 Å². The van der Waals surface area contributed by atoms with E-state index in [4.69, 9.17) is 19.2 Å². The van der Waals surface area contributed by atoms with Crippen LogP contribution >= 0.6 is 0 Å². The van der Waals surface area contributed by atoms with Gasteiger partial charge in [-0.2, -0.15) is 0 Å². The van der Waals surface area contributed by atoms with E-state index in [-0.39, 0.29) is 41.7 Å². The largest absolute Gasteiger partial charge is 0.668 e. The molecule has 0 spiro atoms. The second-order valence-corrected chi connectivity index (χ2v) is 1.80. The van der Waals surface area contributed by atoms with E-state index < -0.39 is 9.05 Å². The maximum absolute atomic E-state index is 7.33. The van der Waals surface area contributed by atoms with Crippen molar-refractivity contribution in [1.82, 2.24) is 0 Å². The van der Waals surface area contributed by atoms with E-state index in [9.17, 15) is 0 Å². The van der Waals surface area contributed by atoms with Crippen LogP contribution in [0.4, 0.5) is 0 Å². The van der Waals surface area contributed by atoms with Crippen molar-refractivity contribution < 1.29 is 60.9 Å². The molecule has 0 aromatic heterocycles. The second-order valence-electron chi connectivity index (χ2n) is 0.600. The second kappa shape index (κ2) is 3.44. The van der Waals surface area contributed by atoms with Crippen LogP contribution in [0.25, 0.3) is 0 Å². The third-order valence-corrected chi connectivity index (χ3v) is 0. The molecule has 0 saturated carbocycles. The Balaban J connectivity index is 0. The fourth-order valence-corrected chi connectivity index (χ4v) is 0. The summed E-state index contributed by atoms with van der Waals surface area (Å²) in [4.78, 5) is 29.3. The van der Waals surface area contributed by atoms with Gasteiger partial charge in [-0.15, -0.1) is 0 Å². The molecule has 0 radical (unpaired) electrons. The molecule has 0 aliphatic heterocycles. The van der Waals surface area contributed by atoms with E-state index in [2.05, 4.69) is 0 Å². The molecule has 0 bridgehead atoms. The average Bonchev–Trinajstić information content (AvgIpc) is 0.722. The van der Waals surface area contributed by atoms with Crippen molar-refractivity contribution in [2.24, 2.45) is 0 Å². The van der Waals surface area contributed by atoms with Crippen molar-refractivity contribution in [2.45, 2.75) is 0 Å². The minimum Gasteiger partial charge on any atom is -0.368 e. The molecule has 0 heterocycles. The maximum atomic E-state index is 7.33. The molecule has 4 N–H and O–H groups in total. The van der Waals surface area contributed by atoms with Crippen molar-refractivity contribution in [3.63, 3.8) is 0 Å². The summed E-state index contributed by atoms with van der Waals surface area (Å²) < 4.78 is 0. The van der Waals surface area contributed by atoms with Crippen LogP contribution in [-0.4, -0.2) is 28.2 Å². The van der Waals surface area contributed by atoms with Gasteiger partial charge in [0, 0.05) is 41.7 Å². The Kier molecular flexibility index (Phi) is 5.97. The van der Waals surface area contributed by atoms with Crippen LogP contribution < -0.4 is 0 Å². The molecule has 0 saturated heterocycles. The van der Waals surface area contributed by atoms with Gasteiger partial charge in [-0.05, 0) is 0 Å². The fourth-order valence-electron chi connectivity index (χ4n) is 0. The van der Waals surface area contributed by atoms with Crippen molar-refractivity contribution in [1.29, 1.82) is 0 Å². The van der Waals surface area contributed by atoms with Gasteiger partial charge in [0.1, 0.15) is 0 Å². The standard InChI is InChI=1S/Ce.H4O4Si/c;1-5(2,3)4/h;1-4H. The Morgan fingerprint density at radius 3 is 0.833 bits per heavy atom. The van der Waals surface area contributed by atoms with Crippen LogP contribution in [0.3, 0.4) is 0 Å². The molecule has 0 unspecified atom stereocenters. The fraction of sp³-hybridized carbons (Fsp3) is 0. The predicted octanol–water partition coefficient (Wildman–Crippen LogP) is -2.61. The smallest absolute Gasteiger partial charge is 0.368 e. The zero-order chi connectivity index (χ0) is 4.50. The number of rotatable bonds is 0. The summed E-state index contributed by atoms with van der Waals surface area (Å²) >= 11 is 0. The first kappa shape index (κ1) is 10.4. The minimum atomic E-state index is -4.61. The first-order chi connectivity index (χ1) is 2.00. The van der Waals surface area contributed by atoms with Gasteiger partial charge < -0.3 is 19.2 Å². The third kappa shape index (κ3) is 52.0. The van der Waals surface area contributed by atoms with Gasteiger partial charge in [0.25, 0.3) is 0 Å². The summed E-state index contributed by atoms with van der Waals surface area (Å²) in [6.07, 6.45) is 0. The molecular formula is H4CeO4Si. The van der Waals surface area contributed by atoms with Gasteiger partial charge in [0.05, 0.1) is 0 Å². The minimum absolute atomic E-state index is 0. The monoisotopic (exact) mass is 236 g/mol. The van der Waals surface area contributed by atoms with Crippen LogP contribution in [-0.2, 0) is 0 Å². The molecule has 6 heteroatoms. The van der Waals surface area contributed by atoms with Crippen LogP contribution in [0.15, 0.2) is 0 Å².